The summed E-state index contributed by atoms with van der Waals surface area (Å²) < 4.78 is 11.5. The highest BCUT2D eigenvalue weighted by Crippen LogP contribution is 2.30. The van der Waals surface area contributed by atoms with Crippen molar-refractivity contribution in [2.75, 3.05) is 28.5 Å². The predicted octanol–water partition coefficient (Wildman–Crippen LogP) is 5.92. The number of aromatic nitrogens is 1. The molecule has 1 aromatic heterocycles. The van der Waals surface area contributed by atoms with Crippen molar-refractivity contribution in [2.45, 2.75) is 70.6 Å². The smallest absolute Gasteiger partial charge is 0.411 e. The van der Waals surface area contributed by atoms with Crippen molar-refractivity contribution in [3.8, 4) is 11.5 Å². The van der Waals surface area contributed by atoms with E-state index in [0.717, 1.165) is 5.75 Å². The number of thioether (sulfide) groups is 2. The maximum absolute atomic E-state index is 13.6. The van der Waals surface area contributed by atoms with E-state index in [9.17, 15) is 14.4 Å². The van der Waals surface area contributed by atoms with Crippen molar-refractivity contribution >= 4 is 47.1 Å². The maximum Gasteiger partial charge on any atom is 0.411 e. The molecule has 2 aromatic rings. The van der Waals surface area contributed by atoms with Gasteiger partial charge in [-0.1, -0.05) is 37.5 Å². The molecule has 3 amide bonds. The van der Waals surface area contributed by atoms with Crippen LogP contribution in [-0.2, 0) is 14.3 Å². The third-order valence-electron chi connectivity index (χ3n) is 6.82. The molecule has 11 heteroatoms. The van der Waals surface area contributed by atoms with Crippen LogP contribution in [0.25, 0.3) is 0 Å². The number of para-hydroxylation sites is 1. The number of carbonyl (C=O) groups is 3. The summed E-state index contributed by atoms with van der Waals surface area (Å²) >= 11 is 3.16. The largest absolute Gasteiger partial charge is 0.455 e. The number of carbonyl (C=O) groups excluding carboxylic acids is 3. The van der Waals surface area contributed by atoms with Crippen LogP contribution in [0.2, 0.25) is 0 Å². The number of hydrogen-bond acceptors (Lipinski definition) is 8. The number of ether oxygens (including phenoxy) is 2. The molecule has 1 aliphatic heterocycles. The molecule has 4 rings (SSSR count). The van der Waals surface area contributed by atoms with Crippen LogP contribution in [0.1, 0.15) is 52.9 Å². The van der Waals surface area contributed by atoms with Gasteiger partial charge < -0.3 is 20.1 Å². The minimum Gasteiger partial charge on any atom is -0.455 e. The minimum absolute atomic E-state index is 0.357. The van der Waals surface area contributed by atoms with E-state index < -0.39 is 23.8 Å². The van der Waals surface area contributed by atoms with Crippen molar-refractivity contribution in [2.24, 2.45) is 5.92 Å². The topological polar surface area (TPSA) is 110 Å². The lowest BCUT2D eigenvalue weighted by Gasteiger charge is -2.28. The Morgan fingerprint density at radius 3 is 2.61 bits per heavy atom. The van der Waals surface area contributed by atoms with Gasteiger partial charge >= 0.3 is 6.09 Å². The van der Waals surface area contributed by atoms with Crippen LogP contribution < -0.4 is 15.4 Å². The fourth-order valence-corrected chi connectivity index (χ4v) is 7.13. The zero-order valence-electron chi connectivity index (χ0n) is 24.0. The zero-order valence-corrected chi connectivity index (χ0v) is 25.6. The monoisotopic (exact) mass is 600 g/mol. The molecule has 1 saturated heterocycles. The van der Waals surface area contributed by atoms with Gasteiger partial charge in [0.25, 0.3) is 0 Å². The molecule has 1 aliphatic carbocycles. The van der Waals surface area contributed by atoms with Gasteiger partial charge in [-0.25, -0.2) is 4.79 Å². The molecule has 41 heavy (non-hydrogen) atoms. The number of amides is 3. The standard InChI is InChI=1S/C30H40N4O5S2/c1-30(2,3)39-29(37)34-20-41-19-25(34)28(36)33-24(18-40-17-21-10-6-4-7-11-21)27(35)32-23-16-31-15-14-26(23)38-22-12-8-5-9-13-22/h5,8-9,12-16,21,24-25H,4,6-7,10-11,17-20H2,1-3H3,(H,32,35)(H,33,36)/t24-,25-/m0/s1. The third-order valence-corrected chi connectivity index (χ3v) is 9.11. The molecule has 222 valence electrons. The average molecular weight is 601 g/mol. The van der Waals surface area contributed by atoms with E-state index in [-0.39, 0.29) is 11.8 Å². The summed E-state index contributed by atoms with van der Waals surface area (Å²) in [5.74, 6) is 3.12. The fraction of sp³-hybridized carbons (Fsp3) is 0.533. The molecule has 1 aromatic carbocycles. The molecular formula is C30H40N4O5S2. The van der Waals surface area contributed by atoms with Gasteiger partial charge in [0, 0.05) is 23.8 Å². The molecule has 2 N–H and O–H groups in total. The number of nitrogens with one attached hydrogen (secondary N) is 2. The van der Waals surface area contributed by atoms with E-state index in [4.69, 9.17) is 9.47 Å². The molecule has 2 aliphatic rings. The molecule has 2 fully saturated rings. The van der Waals surface area contributed by atoms with Crippen molar-refractivity contribution in [3.63, 3.8) is 0 Å². The van der Waals surface area contributed by atoms with Crippen molar-refractivity contribution in [3.05, 3.63) is 48.8 Å². The summed E-state index contributed by atoms with van der Waals surface area (Å²) in [5.41, 5.74) is -0.267. The first kappa shape index (κ1) is 31.0. The lowest BCUT2D eigenvalue weighted by Crippen LogP contribution is -2.54. The predicted molar refractivity (Wildman–Crippen MR) is 164 cm³/mol. The van der Waals surface area contributed by atoms with Crippen molar-refractivity contribution in [1.82, 2.24) is 15.2 Å². The zero-order chi connectivity index (χ0) is 29.2. The van der Waals surface area contributed by atoms with E-state index in [0.29, 0.717) is 40.5 Å². The summed E-state index contributed by atoms with van der Waals surface area (Å²) in [4.78, 5) is 45.5. The van der Waals surface area contributed by atoms with Gasteiger partial charge in [-0.2, -0.15) is 11.8 Å². The lowest BCUT2D eigenvalue weighted by atomic mass is 9.91. The summed E-state index contributed by atoms with van der Waals surface area (Å²) in [7, 11) is 0. The SMILES string of the molecule is CC(C)(C)OC(=O)N1CSC[C@H]1C(=O)N[C@@H](CSCC1CCCCC1)C(=O)Nc1cnccc1Oc1ccccc1. The molecule has 1 saturated carbocycles. The highest BCUT2D eigenvalue weighted by Gasteiger charge is 2.38. The van der Waals surface area contributed by atoms with Gasteiger partial charge in [0.2, 0.25) is 11.8 Å². The number of hydrogen-bond donors (Lipinski definition) is 2. The highest BCUT2D eigenvalue weighted by atomic mass is 32.2. The van der Waals surface area contributed by atoms with Gasteiger partial charge in [-0.05, 0) is 57.4 Å². The van der Waals surface area contributed by atoms with Gasteiger partial charge in [0.1, 0.15) is 29.1 Å². The van der Waals surface area contributed by atoms with Crippen LogP contribution in [-0.4, -0.2) is 68.6 Å². The summed E-state index contributed by atoms with van der Waals surface area (Å²) in [6, 6.07) is 9.43. The van der Waals surface area contributed by atoms with Gasteiger partial charge in [-0.15, -0.1) is 11.8 Å². The summed E-state index contributed by atoms with van der Waals surface area (Å²) in [6.07, 6.45) is 8.78. The van der Waals surface area contributed by atoms with Gasteiger partial charge in [0.05, 0.1) is 12.1 Å². The molecule has 0 bridgehead atoms. The van der Waals surface area contributed by atoms with Gasteiger partial charge in [0.15, 0.2) is 5.75 Å². The molecule has 9 nitrogen and oxygen atoms in total. The summed E-state index contributed by atoms with van der Waals surface area (Å²) in [6.45, 7) is 5.38. The number of pyridine rings is 1. The van der Waals surface area contributed by atoms with E-state index in [1.54, 1.807) is 44.8 Å². The molecule has 0 spiro atoms. The molecule has 0 unspecified atom stereocenters. The lowest BCUT2D eigenvalue weighted by molar-refractivity contribution is -0.128. The Labute approximate surface area is 250 Å². The van der Waals surface area contributed by atoms with Crippen LogP contribution >= 0.6 is 23.5 Å². The first-order chi connectivity index (χ1) is 19.7. The van der Waals surface area contributed by atoms with Crippen LogP contribution in [0, 0.1) is 5.92 Å². The van der Waals surface area contributed by atoms with E-state index >= 15 is 0 Å². The Kier molecular flexibility index (Phi) is 11.2. The fourth-order valence-electron chi connectivity index (χ4n) is 4.72. The quantitative estimate of drug-likeness (QED) is 0.346. The Morgan fingerprint density at radius 2 is 1.88 bits per heavy atom. The van der Waals surface area contributed by atoms with Crippen LogP contribution in [0.3, 0.4) is 0 Å². The van der Waals surface area contributed by atoms with Crippen molar-refractivity contribution < 1.29 is 23.9 Å². The van der Waals surface area contributed by atoms with E-state index in [2.05, 4.69) is 15.6 Å². The van der Waals surface area contributed by atoms with Crippen LogP contribution in [0.5, 0.6) is 11.5 Å². The highest BCUT2D eigenvalue weighted by molar-refractivity contribution is 7.99. The number of benzene rings is 1. The number of nitrogens with zero attached hydrogens (tertiary/aromatic N) is 2. The van der Waals surface area contributed by atoms with E-state index in [1.165, 1.54) is 55.0 Å². The Bertz CT molecular complexity index is 1170. The summed E-state index contributed by atoms with van der Waals surface area (Å²) in [5, 5.41) is 5.85. The Hall–Kier alpha value is -2.92. The molecule has 2 atom stereocenters. The molecule has 2 heterocycles. The normalized spacial score (nSPS) is 18.4. The first-order valence-electron chi connectivity index (χ1n) is 14.1. The minimum atomic E-state index is -0.813. The second-order valence-corrected chi connectivity index (χ2v) is 13.4. The number of anilines is 1. The van der Waals surface area contributed by atoms with Crippen LogP contribution in [0.15, 0.2) is 48.8 Å². The molecular weight excluding hydrogens is 560 g/mol. The number of rotatable bonds is 10. The first-order valence-corrected chi connectivity index (χ1v) is 16.4. The van der Waals surface area contributed by atoms with Crippen molar-refractivity contribution in [1.29, 1.82) is 0 Å². The average Bonchev–Trinajstić information content (AvgIpc) is 3.44. The Morgan fingerprint density at radius 1 is 1.12 bits per heavy atom. The third kappa shape index (κ3) is 9.56. The second kappa shape index (κ2) is 14.8. The Balaban J connectivity index is 1.45. The van der Waals surface area contributed by atoms with E-state index in [1.807, 2.05) is 30.3 Å². The maximum atomic E-state index is 13.6. The second-order valence-electron chi connectivity index (χ2n) is 11.3. The van der Waals surface area contributed by atoms with Gasteiger partial charge in [-0.3, -0.25) is 19.5 Å². The van der Waals surface area contributed by atoms with Crippen LogP contribution in [0.4, 0.5) is 10.5 Å². The molecule has 0 radical (unpaired) electrons.